The first-order valence-corrected chi connectivity index (χ1v) is 11.2. The van der Waals surface area contributed by atoms with Crippen molar-refractivity contribution in [1.29, 1.82) is 0 Å². The van der Waals surface area contributed by atoms with Crippen LogP contribution in [0.25, 0.3) is 0 Å². The summed E-state index contributed by atoms with van der Waals surface area (Å²) in [7, 11) is 1.62. The maximum Gasteiger partial charge on any atom is 0.175 e. The number of rotatable bonds is 9. The van der Waals surface area contributed by atoms with Gasteiger partial charge < -0.3 is 24.3 Å². The van der Waals surface area contributed by atoms with Crippen molar-refractivity contribution >= 4 is 28.3 Å². The van der Waals surface area contributed by atoms with Gasteiger partial charge in [-0.2, -0.15) is 0 Å². The third-order valence-corrected chi connectivity index (χ3v) is 5.73. The predicted molar refractivity (Wildman–Crippen MR) is 132 cm³/mol. The SMILES string of the molecule is COc1cc(CNCCc2ccccc2F)cc(Br)c1OCc1ccc2c(c1)OCCO2.Cl. The van der Waals surface area contributed by atoms with Crippen LogP contribution in [0.3, 0.4) is 0 Å². The summed E-state index contributed by atoms with van der Waals surface area (Å²) >= 11 is 3.60. The first-order chi connectivity index (χ1) is 15.6. The van der Waals surface area contributed by atoms with Gasteiger partial charge in [-0.25, -0.2) is 4.39 Å². The molecule has 1 aliphatic heterocycles. The first-order valence-electron chi connectivity index (χ1n) is 10.5. The molecule has 33 heavy (non-hydrogen) atoms. The van der Waals surface area contributed by atoms with Crippen molar-refractivity contribution in [2.75, 3.05) is 26.9 Å². The van der Waals surface area contributed by atoms with E-state index in [1.165, 1.54) is 6.07 Å². The van der Waals surface area contributed by atoms with E-state index in [1.54, 1.807) is 13.2 Å². The average molecular weight is 539 g/mol. The number of nitrogens with one attached hydrogen (secondary N) is 1. The van der Waals surface area contributed by atoms with E-state index in [0.29, 0.717) is 56.4 Å². The second-order valence-corrected chi connectivity index (χ2v) is 8.25. The highest BCUT2D eigenvalue weighted by atomic mass is 79.9. The zero-order valence-corrected chi connectivity index (χ0v) is 20.6. The molecule has 0 saturated heterocycles. The summed E-state index contributed by atoms with van der Waals surface area (Å²) in [5.41, 5.74) is 2.72. The molecule has 0 atom stereocenters. The topological polar surface area (TPSA) is 49.0 Å². The molecule has 5 nitrogen and oxygen atoms in total. The van der Waals surface area contributed by atoms with E-state index in [1.807, 2.05) is 42.5 Å². The fourth-order valence-corrected chi connectivity index (χ4v) is 4.11. The Morgan fingerprint density at radius 1 is 1.00 bits per heavy atom. The van der Waals surface area contributed by atoms with Crippen molar-refractivity contribution in [2.24, 2.45) is 0 Å². The van der Waals surface area contributed by atoms with Crippen LogP contribution in [-0.4, -0.2) is 26.9 Å². The summed E-state index contributed by atoms with van der Waals surface area (Å²) in [4.78, 5) is 0. The van der Waals surface area contributed by atoms with Gasteiger partial charge in [0.15, 0.2) is 23.0 Å². The predicted octanol–water partition coefficient (Wildman–Crippen LogP) is 5.70. The van der Waals surface area contributed by atoms with E-state index in [9.17, 15) is 4.39 Å². The molecule has 0 aliphatic carbocycles. The van der Waals surface area contributed by atoms with E-state index in [-0.39, 0.29) is 18.2 Å². The summed E-state index contributed by atoms with van der Waals surface area (Å²) in [6.07, 6.45) is 0.627. The molecule has 1 N–H and O–H groups in total. The van der Waals surface area contributed by atoms with Gasteiger partial charge in [-0.15, -0.1) is 12.4 Å². The second kappa shape index (κ2) is 12.1. The van der Waals surface area contributed by atoms with Gasteiger partial charge >= 0.3 is 0 Å². The highest BCUT2D eigenvalue weighted by Crippen LogP contribution is 2.38. The molecule has 8 heteroatoms. The van der Waals surface area contributed by atoms with Crippen molar-refractivity contribution in [1.82, 2.24) is 5.32 Å². The van der Waals surface area contributed by atoms with Crippen LogP contribution in [-0.2, 0) is 19.6 Å². The molecule has 0 fully saturated rings. The number of methoxy groups -OCH3 is 1. The second-order valence-electron chi connectivity index (χ2n) is 7.39. The van der Waals surface area contributed by atoms with Gasteiger partial charge in [0.25, 0.3) is 0 Å². The number of benzene rings is 3. The Kier molecular flexibility index (Phi) is 9.23. The van der Waals surface area contributed by atoms with E-state index in [0.717, 1.165) is 27.1 Å². The van der Waals surface area contributed by atoms with Crippen LogP contribution in [0.1, 0.15) is 16.7 Å². The molecule has 0 radical (unpaired) electrons. The van der Waals surface area contributed by atoms with Crippen molar-refractivity contribution < 1.29 is 23.3 Å². The van der Waals surface area contributed by atoms with Crippen LogP contribution in [0.15, 0.2) is 59.1 Å². The fraction of sp³-hybridized carbons (Fsp3) is 0.280. The lowest BCUT2D eigenvalue weighted by Crippen LogP contribution is -2.17. The number of hydrogen-bond acceptors (Lipinski definition) is 5. The Morgan fingerprint density at radius 2 is 1.79 bits per heavy atom. The maximum absolute atomic E-state index is 13.7. The van der Waals surface area contributed by atoms with Gasteiger partial charge in [0.2, 0.25) is 0 Å². The molecule has 176 valence electrons. The Bertz CT molecular complexity index is 1080. The van der Waals surface area contributed by atoms with Crippen LogP contribution in [0.2, 0.25) is 0 Å². The lowest BCUT2D eigenvalue weighted by atomic mass is 10.1. The Balaban J connectivity index is 0.00000306. The lowest BCUT2D eigenvalue weighted by molar-refractivity contribution is 0.171. The third kappa shape index (κ3) is 6.53. The van der Waals surface area contributed by atoms with Crippen molar-refractivity contribution in [3.63, 3.8) is 0 Å². The third-order valence-electron chi connectivity index (χ3n) is 5.14. The molecule has 0 saturated carbocycles. The number of fused-ring (bicyclic) bond motifs is 1. The van der Waals surface area contributed by atoms with Gasteiger partial charge in [-0.3, -0.25) is 0 Å². The maximum atomic E-state index is 13.7. The van der Waals surface area contributed by atoms with Crippen LogP contribution < -0.4 is 24.3 Å². The minimum Gasteiger partial charge on any atom is -0.493 e. The number of hydrogen-bond donors (Lipinski definition) is 1. The van der Waals surface area contributed by atoms with Crippen LogP contribution in [0, 0.1) is 5.82 Å². The number of ether oxygens (including phenoxy) is 4. The monoisotopic (exact) mass is 537 g/mol. The Morgan fingerprint density at radius 3 is 2.58 bits per heavy atom. The van der Waals surface area contributed by atoms with Gasteiger partial charge in [-0.05, 0) is 75.9 Å². The molecule has 3 aromatic rings. The summed E-state index contributed by atoms with van der Waals surface area (Å²) in [6.45, 7) is 2.78. The van der Waals surface area contributed by atoms with E-state index < -0.39 is 0 Å². The minimum atomic E-state index is -0.168. The lowest BCUT2D eigenvalue weighted by Gasteiger charge is -2.19. The molecule has 0 aromatic heterocycles. The van der Waals surface area contributed by atoms with Crippen LogP contribution in [0.5, 0.6) is 23.0 Å². The minimum absolute atomic E-state index is 0. The normalized spacial score (nSPS) is 12.1. The van der Waals surface area contributed by atoms with Crippen molar-refractivity contribution in [3.05, 3.63) is 81.6 Å². The molecule has 3 aromatic carbocycles. The first kappa shape index (κ1) is 25.1. The Labute approximate surface area is 207 Å². The molecule has 1 heterocycles. The molecule has 0 bridgehead atoms. The van der Waals surface area contributed by atoms with Crippen molar-refractivity contribution in [3.8, 4) is 23.0 Å². The molecular formula is C25H26BrClFNO4. The molecule has 1 aliphatic rings. The van der Waals surface area contributed by atoms with Gasteiger partial charge in [0.1, 0.15) is 25.6 Å². The molecular weight excluding hydrogens is 513 g/mol. The van der Waals surface area contributed by atoms with Gasteiger partial charge in [-0.1, -0.05) is 24.3 Å². The van der Waals surface area contributed by atoms with Gasteiger partial charge in [0, 0.05) is 6.54 Å². The van der Waals surface area contributed by atoms with E-state index in [4.69, 9.17) is 18.9 Å². The fourth-order valence-electron chi connectivity index (χ4n) is 3.51. The van der Waals surface area contributed by atoms with Gasteiger partial charge in [0.05, 0.1) is 11.6 Å². The average Bonchev–Trinajstić information content (AvgIpc) is 2.81. The molecule has 4 rings (SSSR count). The highest BCUT2D eigenvalue weighted by molar-refractivity contribution is 9.10. The summed E-state index contributed by atoms with van der Waals surface area (Å²) in [6, 6.07) is 16.6. The summed E-state index contributed by atoms with van der Waals surface area (Å²) in [5.74, 6) is 2.60. The number of halogens is 3. The summed E-state index contributed by atoms with van der Waals surface area (Å²) in [5, 5.41) is 3.35. The van der Waals surface area contributed by atoms with Crippen LogP contribution >= 0.6 is 28.3 Å². The smallest absolute Gasteiger partial charge is 0.175 e. The van der Waals surface area contributed by atoms with E-state index >= 15 is 0 Å². The summed E-state index contributed by atoms with van der Waals surface area (Å²) < 4.78 is 37.4. The van der Waals surface area contributed by atoms with Crippen LogP contribution in [0.4, 0.5) is 4.39 Å². The largest absolute Gasteiger partial charge is 0.493 e. The highest BCUT2D eigenvalue weighted by Gasteiger charge is 2.15. The Hall–Kier alpha value is -2.48. The zero-order chi connectivity index (χ0) is 22.3. The standard InChI is InChI=1S/C25H25BrFNO4.ClH/c1-29-24-14-18(15-28-9-8-19-4-2-3-5-21(19)27)12-20(26)25(24)32-16-17-6-7-22-23(13-17)31-11-10-30-22;/h2-7,12-14,28H,8-11,15-16H2,1H3;1H. The quantitative estimate of drug-likeness (QED) is 0.354. The molecule has 0 unspecified atom stereocenters. The van der Waals surface area contributed by atoms with E-state index in [2.05, 4.69) is 21.2 Å². The van der Waals surface area contributed by atoms with Crippen molar-refractivity contribution in [2.45, 2.75) is 19.6 Å². The molecule has 0 amide bonds. The molecule has 0 spiro atoms. The zero-order valence-electron chi connectivity index (χ0n) is 18.2.